The summed E-state index contributed by atoms with van der Waals surface area (Å²) in [6.45, 7) is 6.64. The molecule has 5 heteroatoms. The Bertz CT molecular complexity index is 913. The largest absolute Gasteiger partial charge is 0.494 e. The summed E-state index contributed by atoms with van der Waals surface area (Å²) >= 11 is 2.28. The quantitative estimate of drug-likeness (QED) is 0.401. The molecule has 0 spiro atoms. The maximum Gasteiger partial charge on any atom is 0.340 e. The summed E-state index contributed by atoms with van der Waals surface area (Å²) in [5.41, 5.74) is 3.44. The molecule has 1 heterocycles. The maximum absolute atomic E-state index is 12.6. The van der Waals surface area contributed by atoms with E-state index in [1.807, 2.05) is 39.0 Å². The summed E-state index contributed by atoms with van der Waals surface area (Å²) in [6, 6.07) is 14.1. The molecule has 0 atom stereocenters. The standard InChI is InChI=1S/C20H20INO3/c1-4-24-16-10-11-18-17(12-16)19(20(23)25-5-2)13(3)22(18)15-8-6-14(21)7-9-15/h6-12H,4-5H2,1-3H3. The highest BCUT2D eigenvalue weighted by molar-refractivity contribution is 14.1. The minimum absolute atomic E-state index is 0.303. The average molecular weight is 449 g/mol. The van der Waals surface area contributed by atoms with Crippen molar-refractivity contribution in [3.63, 3.8) is 0 Å². The van der Waals surface area contributed by atoms with Crippen molar-refractivity contribution in [1.82, 2.24) is 4.57 Å². The van der Waals surface area contributed by atoms with Crippen molar-refractivity contribution in [3.8, 4) is 11.4 Å². The highest BCUT2D eigenvalue weighted by Crippen LogP contribution is 2.32. The fourth-order valence-corrected chi connectivity index (χ4v) is 3.40. The fourth-order valence-electron chi connectivity index (χ4n) is 3.04. The summed E-state index contributed by atoms with van der Waals surface area (Å²) in [4.78, 5) is 12.6. The number of fused-ring (bicyclic) bond motifs is 1. The molecule has 1 aromatic heterocycles. The molecule has 0 bridgehead atoms. The first kappa shape index (κ1) is 17.8. The highest BCUT2D eigenvalue weighted by Gasteiger charge is 2.22. The van der Waals surface area contributed by atoms with Gasteiger partial charge in [0.1, 0.15) is 5.75 Å². The van der Waals surface area contributed by atoms with Gasteiger partial charge in [0.15, 0.2) is 0 Å². The molecule has 2 aromatic carbocycles. The lowest BCUT2D eigenvalue weighted by Gasteiger charge is -2.09. The van der Waals surface area contributed by atoms with E-state index in [1.165, 1.54) is 3.57 Å². The van der Waals surface area contributed by atoms with Crippen molar-refractivity contribution in [2.24, 2.45) is 0 Å². The second-order valence-corrected chi connectivity index (χ2v) is 6.85. The molecule has 4 nitrogen and oxygen atoms in total. The van der Waals surface area contributed by atoms with Crippen LogP contribution in [0.5, 0.6) is 5.75 Å². The molecular formula is C20H20INO3. The molecule has 0 aliphatic rings. The minimum atomic E-state index is -0.303. The van der Waals surface area contributed by atoms with Gasteiger partial charge in [-0.15, -0.1) is 0 Å². The topological polar surface area (TPSA) is 40.5 Å². The smallest absolute Gasteiger partial charge is 0.340 e. The van der Waals surface area contributed by atoms with Crippen LogP contribution in [0.25, 0.3) is 16.6 Å². The number of ether oxygens (including phenoxy) is 2. The number of halogens is 1. The third kappa shape index (κ3) is 3.38. The second-order valence-electron chi connectivity index (χ2n) is 5.60. The molecule has 3 rings (SSSR count). The van der Waals surface area contributed by atoms with Gasteiger partial charge < -0.3 is 14.0 Å². The van der Waals surface area contributed by atoms with E-state index in [0.717, 1.165) is 28.0 Å². The number of nitrogens with zero attached hydrogens (tertiary/aromatic N) is 1. The molecule has 0 aliphatic heterocycles. The SMILES string of the molecule is CCOC(=O)c1c(C)n(-c2ccc(I)cc2)c2ccc(OCC)cc12. The number of hydrogen-bond acceptors (Lipinski definition) is 3. The van der Waals surface area contributed by atoms with Gasteiger partial charge in [-0.05, 0) is 85.8 Å². The first-order valence-corrected chi connectivity index (χ1v) is 9.35. The van der Waals surface area contributed by atoms with Gasteiger partial charge in [-0.2, -0.15) is 0 Å². The van der Waals surface area contributed by atoms with Crippen molar-refractivity contribution < 1.29 is 14.3 Å². The lowest BCUT2D eigenvalue weighted by molar-refractivity contribution is 0.0527. The van der Waals surface area contributed by atoms with E-state index < -0.39 is 0 Å². The Labute approximate surface area is 160 Å². The molecule has 130 valence electrons. The minimum Gasteiger partial charge on any atom is -0.494 e. The lowest BCUT2D eigenvalue weighted by Crippen LogP contribution is -2.07. The van der Waals surface area contributed by atoms with Gasteiger partial charge in [-0.25, -0.2) is 4.79 Å². The zero-order valence-corrected chi connectivity index (χ0v) is 16.7. The Hall–Kier alpha value is -2.02. The van der Waals surface area contributed by atoms with E-state index in [-0.39, 0.29) is 5.97 Å². The zero-order chi connectivity index (χ0) is 18.0. The van der Waals surface area contributed by atoms with Gasteiger partial charge in [0, 0.05) is 20.3 Å². The summed E-state index contributed by atoms with van der Waals surface area (Å²) in [6.07, 6.45) is 0. The number of benzene rings is 2. The van der Waals surface area contributed by atoms with Gasteiger partial charge in [-0.3, -0.25) is 0 Å². The van der Waals surface area contributed by atoms with Crippen LogP contribution in [0, 0.1) is 10.5 Å². The molecular weight excluding hydrogens is 429 g/mol. The van der Waals surface area contributed by atoms with E-state index in [0.29, 0.717) is 18.8 Å². The molecule has 3 aromatic rings. The first-order valence-electron chi connectivity index (χ1n) is 8.27. The Balaban J connectivity index is 2.28. The summed E-state index contributed by atoms with van der Waals surface area (Å²) in [7, 11) is 0. The summed E-state index contributed by atoms with van der Waals surface area (Å²) in [5, 5.41) is 0.848. The predicted molar refractivity (Wildman–Crippen MR) is 108 cm³/mol. The molecule has 0 unspecified atom stereocenters. The lowest BCUT2D eigenvalue weighted by atomic mass is 10.1. The highest BCUT2D eigenvalue weighted by atomic mass is 127. The molecule has 0 radical (unpaired) electrons. The first-order chi connectivity index (χ1) is 12.1. The molecule has 0 N–H and O–H groups in total. The summed E-state index contributed by atoms with van der Waals surface area (Å²) in [5.74, 6) is 0.447. The van der Waals surface area contributed by atoms with Crippen LogP contribution in [0.4, 0.5) is 0 Å². The number of esters is 1. The van der Waals surface area contributed by atoms with E-state index in [1.54, 1.807) is 0 Å². The molecule has 0 saturated carbocycles. The molecule has 25 heavy (non-hydrogen) atoms. The van der Waals surface area contributed by atoms with E-state index in [2.05, 4.69) is 51.4 Å². The van der Waals surface area contributed by atoms with Crippen molar-refractivity contribution in [1.29, 1.82) is 0 Å². The van der Waals surface area contributed by atoms with Crippen molar-refractivity contribution >= 4 is 39.5 Å². The third-order valence-corrected chi connectivity index (χ3v) is 4.77. The van der Waals surface area contributed by atoms with E-state index >= 15 is 0 Å². The predicted octanol–water partition coefficient (Wildman–Crippen LogP) is 5.12. The van der Waals surface area contributed by atoms with Crippen LogP contribution in [-0.4, -0.2) is 23.8 Å². The maximum atomic E-state index is 12.6. The second kappa shape index (κ2) is 7.47. The van der Waals surface area contributed by atoms with E-state index in [4.69, 9.17) is 9.47 Å². The van der Waals surface area contributed by atoms with Crippen molar-refractivity contribution in [3.05, 3.63) is 57.3 Å². The van der Waals surface area contributed by atoms with E-state index in [9.17, 15) is 4.79 Å². The fraction of sp³-hybridized carbons (Fsp3) is 0.250. The molecule has 0 aliphatic carbocycles. The van der Waals surface area contributed by atoms with Crippen LogP contribution < -0.4 is 4.74 Å². The summed E-state index contributed by atoms with van der Waals surface area (Å²) < 4.78 is 14.2. The number of hydrogen-bond donors (Lipinski definition) is 0. The van der Waals surface area contributed by atoms with Gasteiger partial charge in [0.25, 0.3) is 0 Å². The van der Waals surface area contributed by atoms with Crippen LogP contribution in [0.2, 0.25) is 0 Å². The number of carbonyl (C=O) groups is 1. The van der Waals surface area contributed by atoms with Crippen molar-refractivity contribution in [2.45, 2.75) is 20.8 Å². The Morgan fingerprint density at radius 2 is 1.80 bits per heavy atom. The molecule has 0 saturated heterocycles. The monoisotopic (exact) mass is 449 g/mol. The average Bonchev–Trinajstić information content (AvgIpc) is 2.88. The Kier molecular flexibility index (Phi) is 5.32. The normalized spacial score (nSPS) is 10.9. The van der Waals surface area contributed by atoms with Gasteiger partial charge in [-0.1, -0.05) is 0 Å². The van der Waals surface area contributed by atoms with Gasteiger partial charge in [0.05, 0.1) is 24.3 Å². The van der Waals surface area contributed by atoms with Crippen molar-refractivity contribution in [2.75, 3.05) is 13.2 Å². The van der Waals surface area contributed by atoms with Crippen LogP contribution in [0.1, 0.15) is 29.9 Å². The molecule has 0 amide bonds. The number of aromatic nitrogens is 1. The molecule has 0 fully saturated rings. The number of carbonyl (C=O) groups excluding carboxylic acids is 1. The van der Waals surface area contributed by atoms with Gasteiger partial charge >= 0.3 is 5.97 Å². The van der Waals surface area contributed by atoms with Crippen LogP contribution in [0.3, 0.4) is 0 Å². The Morgan fingerprint density at radius 1 is 1.08 bits per heavy atom. The third-order valence-electron chi connectivity index (χ3n) is 4.05. The number of rotatable bonds is 5. The van der Waals surface area contributed by atoms with Crippen LogP contribution >= 0.6 is 22.6 Å². The van der Waals surface area contributed by atoms with Crippen LogP contribution in [-0.2, 0) is 4.74 Å². The Morgan fingerprint density at radius 3 is 2.44 bits per heavy atom. The van der Waals surface area contributed by atoms with Crippen LogP contribution in [0.15, 0.2) is 42.5 Å². The van der Waals surface area contributed by atoms with Gasteiger partial charge in [0.2, 0.25) is 0 Å². The zero-order valence-electron chi connectivity index (χ0n) is 14.5.